The Kier molecular flexibility index (Phi) is 6.18. The van der Waals surface area contributed by atoms with E-state index < -0.39 is 0 Å². The van der Waals surface area contributed by atoms with Crippen LogP contribution in [0.2, 0.25) is 0 Å². The minimum Gasteiger partial charge on any atom is -0.488 e. The highest BCUT2D eigenvalue weighted by atomic mass is 16.5. The number of benzene rings is 3. The van der Waals surface area contributed by atoms with E-state index in [1.54, 1.807) is 0 Å². The maximum absolute atomic E-state index is 6.39. The Morgan fingerprint density at radius 1 is 0.833 bits per heavy atom. The molecule has 0 saturated carbocycles. The van der Waals surface area contributed by atoms with Gasteiger partial charge in [0, 0.05) is 5.56 Å². The van der Waals surface area contributed by atoms with Gasteiger partial charge in [-0.25, -0.2) is 5.10 Å². The predicted molar refractivity (Wildman–Crippen MR) is 118 cm³/mol. The molecule has 1 aromatic heterocycles. The molecule has 0 amide bonds. The molecule has 0 aliphatic carbocycles. The van der Waals surface area contributed by atoms with E-state index in [2.05, 4.69) is 95.1 Å². The van der Waals surface area contributed by atoms with Gasteiger partial charge >= 0.3 is 0 Å². The highest BCUT2D eigenvalue weighted by Crippen LogP contribution is 2.32. The van der Waals surface area contributed by atoms with Gasteiger partial charge in [-0.2, -0.15) is 0 Å². The number of rotatable bonds is 8. The number of hydrogen-bond donors (Lipinski definition) is 1. The molecule has 5 heteroatoms. The number of ether oxygens (including phenoxy) is 1. The number of para-hydroxylation sites is 1. The average Bonchev–Trinajstić information content (AvgIpc) is 3.32. The minimum absolute atomic E-state index is 0.401. The van der Waals surface area contributed by atoms with Gasteiger partial charge in [-0.05, 0) is 51.4 Å². The Bertz CT molecular complexity index is 1060. The second-order valence-electron chi connectivity index (χ2n) is 7.71. The molecule has 0 bridgehead atoms. The molecular formula is C25H26N4O. The second kappa shape index (κ2) is 9.35. The monoisotopic (exact) mass is 398 g/mol. The number of nitrogens with zero attached hydrogens (tertiary/aromatic N) is 3. The van der Waals surface area contributed by atoms with Crippen LogP contribution < -0.4 is 4.74 Å². The Labute approximate surface area is 177 Å². The maximum atomic E-state index is 6.39. The molecule has 0 aliphatic heterocycles. The Balaban J connectivity index is 1.50. The van der Waals surface area contributed by atoms with Crippen LogP contribution in [0.3, 0.4) is 0 Å². The molecule has 30 heavy (non-hydrogen) atoms. The van der Waals surface area contributed by atoms with Gasteiger partial charge in [-0.3, -0.25) is 0 Å². The van der Waals surface area contributed by atoms with Gasteiger partial charge in [0.15, 0.2) is 5.82 Å². The zero-order valence-corrected chi connectivity index (χ0v) is 17.4. The van der Waals surface area contributed by atoms with Crippen molar-refractivity contribution < 1.29 is 4.74 Å². The lowest BCUT2D eigenvalue weighted by atomic mass is 9.96. The van der Waals surface area contributed by atoms with Gasteiger partial charge in [0.1, 0.15) is 12.4 Å². The highest BCUT2D eigenvalue weighted by molar-refractivity contribution is 5.54. The number of H-pyrrole nitrogens is 1. The number of aromatic amines is 1. The molecule has 5 nitrogen and oxygen atoms in total. The number of aryl methyl sites for hydroxylation is 2. The molecule has 1 N–H and O–H groups in total. The summed E-state index contributed by atoms with van der Waals surface area (Å²) in [5.74, 6) is 2.08. The van der Waals surface area contributed by atoms with Crippen LogP contribution in [0.25, 0.3) is 11.4 Å². The first-order valence-electron chi connectivity index (χ1n) is 10.3. The summed E-state index contributed by atoms with van der Waals surface area (Å²) in [6.07, 6.45) is 1.95. The molecule has 0 atom stereocenters. The summed E-state index contributed by atoms with van der Waals surface area (Å²) in [5, 5.41) is 14.0. The van der Waals surface area contributed by atoms with Crippen LogP contribution in [0.5, 0.6) is 5.75 Å². The van der Waals surface area contributed by atoms with Gasteiger partial charge in [0.05, 0.1) is 0 Å². The van der Waals surface area contributed by atoms with Crippen LogP contribution >= 0.6 is 0 Å². The van der Waals surface area contributed by atoms with Crippen LogP contribution in [0.1, 0.15) is 42.0 Å². The van der Waals surface area contributed by atoms with Crippen molar-refractivity contribution in [2.75, 3.05) is 0 Å². The maximum Gasteiger partial charge on any atom is 0.179 e. The van der Waals surface area contributed by atoms with Gasteiger partial charge in [0.25, 0.3) is 0 Å². The molecule has 0 spiro atoms. The fourth-order valence-corrected chi connectivity index (χ4v) is 3.55. The number of nitrogens with one attached hydrogen (secondary N) is 1. The van der Waals surface area contributed by atoms with Gasteiger partial charge in [0.2, 0.25) is 0 Å². The van der Waals surface area contributed by atoms with Crippen molar-refractivity contribution in [2.24, 2.45) is 0 Å². The van der Waals surface area contributed by atoms with Gasteiger partial charge < -0.3 is 4.74 Å². The van der Waals surface area contributed by atoms with Gasteiger partial charge in [-0.1, -0.05) is 86.6 Å². The summed E-state index contributed by atoms with van der Waals surface area (Å²) in [4.78, 5) is 0. The van der Waals surface area contributed by atoms with Crippen molar-refractivity contribution in [3.05, 3.63) is 95.1 Å². The predicted octanol–water partition coefficient (Wildman–Crippen LogP) is 5.35. The molecule has 0 fully saturated rings. The van der Waals surface area contributed by atoms with Crippen molar-refractivity contribution in [3.63, 3.8) is 0 Å². The molecule has 1 heterocycles. The van der Waals surface area contributed by atoms with Crippen molar-refractivity contribution in [2.45, 2.75) is 39.2 Å². The molecule has 3 aromatic carbocycles. The lowest BCUT2D eigenvalue weighted by Gasteiger charge is -2.18. The van der Waals surface area contributed by atoms with Crippen LogP contribution in [-0.4, -0.2) is 20.6 Å². The van der Waals surface area contributed by atoms with E-state index in [9.17, 15) is 0 Å². The lowest BCUT2D eigenvalue weighted by Crippen LogP contribution is -2.04. The first kappa shape index (κ1) is 19.8. The fourth-order valence-electron chi connectivity index (χ4n) is 3.55. The smallest absolute Gasteiger partial charge is 0.179 e. The van der Waals surface area contributed by atoms with E-state index in [4.69, 9.17) is 4.74 Å². The molecule has 0 radical (unpaired) electrons. The van der Waals surface area contributed by atoms with E-state index in [-0.39, 0.29) is 0 Å². The SMILES string of the molecule is CC(C)c1cccc(CCc2ccccc2)c1OCc1ccc(-c2nnn[nH]2)cc1. The van der Waals surface area contributed by atoms with Crippen molar-refractivity contribution in [3.8, 4) is 17.1 Å². The number of tetrazole rings is 1. The molecule has 4 rings (SSSR count). The second-order valence-corrected chi connectivity index (χ2v) is 7.71. The summed E-state index contributed by atoms with van der Waals surface area (Å²) in [7, 11) is 0. The zero-order valence-electron chi connectivity index (χ0n) is 17.4. The van der Waals surface area contributed by atoms with E-state index in [1.807, 2.05) is 12.1 Å². The fraction of sp³-hybridized carbons (Fsp3) is 0.240. The molecule has 0 saturated heterocycles. The van der Waals surface area contributed by atoms with Crippen molar-refractivity contribution in [1.29, 1.82) is 0 Å². The third kappa shape index (κ3) is 4.74. The zero-order chi connectivity index (χ0) is 20.8. The molecule has 0 unspecified atom stereocenters. The summed E-state index contributed by atoms with van der Waals surface area (Å²) in [6.45, 7) is 4.95. The lowest BCUT2D eigenvalue weighted by molar-refractivity contribution is 0.298. The molecular weight excluding hydrogens is 372 g/mol. The van der Waals surface area contributed by atoms with E-state index in [1.165, 1.54) is 16.7 Å². The average molecular weight is 399 g/mol. The standard InChI is InChI=1S/C25H26N4O/c1-18(2)23-10-6-9-21(14-11-19-7-4-3-5-8-19)24(23)30-17-20-12-15-22(16-13-20)25-26-28-29-27-25/h3-10,12-13,15-16,18H,11,14,17H2,1-2H3,(H,26,27,28,29). The van der Waals surface area contributed by atoms with Gasteiger partial charge in [-0.15, -0.1) is 5.10 Å². The molecule has 4 aromatic rings. The van der Waals surface area contributed by atoms with E-state index >= 15 is 0 Å². The van der Waals surface area contributed by atoms with Crippen LogP contribution in [-0.2, 0) is 19.4 Å². The van der Waals surface area contributed by atoms with Crippen molar-refractivity contribution >= 4 is 0 Å². The molecule has 0 aliphatic rings. The van der Waals surface area contributed by atoms with Crippen molar-refractivity contribution in [1.82, 2.24) is 20.6 Å². The molecule has 152 valence electrons. The summed E-state index contributed by atoms with van der Waals surface area (Å²) in [6, 6.07) is 25.2. The third-order valence-corrected chi connectivity index (χ3v) is 5.23. The van der Waals surface area contributed by atoms with Crippen LogP contribution in [0.15, 0.2) is 72.8 Å². The number of hydrogen-bond acceptors (Lipinski definition) is 4. The first-order valence-corrected chi connectivity index (χ1v) is 10.3. The summed E-state index contributed by atoms with van der Waals surface area (Å²) >= 11 is 0. The Morgan fingerprint density at radius 3 is 2.33 bits per heavy atom. The quantitative estimate of drug-likeness (QED) is 0.434. The number of aromatic nitrogens is 4. The van der Waals surface area contributed by atoms with E-state index in [0.29, 0.717) is 18.3 Å². The Hall–Kier alpha value is -3.47. The normalized spacial score (nSPS) is 11.0. The van der Waals surface area contributed by atoms with E-state index in [0.717, 1.165) is 29.7 Å². The Morgan fingerprint density at radius 2 is 1.63 bits per heavy atom. The summed E-state index contributed by atoms with van der Waals surface area (Å²) in [5.41, 5.74) is 5.92. The van der Waals surface area contributed by atoms with Crippen LogP contribution in [0, 0.1) is 0 Å². The van der Waals surface area contributed by atoms with Crippen LogP contribution in [0.4, 0.5) is 0 Å². The topological polar surface area (TPSA) is 63.7 Å². The first-order chi connectivity index (χ1) is 14.7. The largest absolute Gasteiger partial charge is 0.488 e. The third-order valence-electron chi connectivity index (χ3n) is 5.23. The minimum atomic E-state index is 0.401. The summed E-state index contributed by atoms with van der Waals surface area (Å²) < 4.78 is 6.39. The highest BCUT2D eigenvalue weighted by Gasteiger charge is 2.13.